The number of benzene rings is 2. The molecular weight excluding hydrogens is 298 g/mol. The first kappa shape index (κ1) is 19.9. The summed E-state index contributed by atoms with van der Waals surface area (Å²) >= 11 is 0. The van der Waals surface area contributed by atoms with E-state index < -0.39 is 11.9 Å². The summed E-state index contributed by atoms with van der Waals surface area (Å²) in [6.45, 7) is 6.80. The molecule has 0 radical (unpaired) electrons. The van der Waals surface area contributed by atoms with Crippen LogP contribution >= 0.6 is 0 Å². The first-order valence-electron chi connectivity index (χ1n) is 8.49. The lowest BCUT2D eigenvalue weighted by atomic mass is 9.97. The predicted octanol–water partition coefficient (Wildman–Crippen LogP) is 4.26. The van der Waals surface area contributed by atoms with Crippen LogP contribution in [0.3, 0.4) is 0 Å². The second-order valence-electron chi connectivity index (χ2n) is 6.42. The summed E-state index contributed by atoms with van der Waals surface area (Å²) in [5.41, 5.74) is 8.82. The highest BCUT2D eigenvalue weighted by molar-refractivity contribution is 5.75. The largest absolute Gasteiger partial charge is 0.481 e. The average molecular weight is 327 g/mol. The minimum Gasteiger partial charge on any atom is -0.481 e. The highest BCUT2D eigenvalue weighted by Gasteiger charge is 2.12. The van der Waals surface area contributed by atoms with Crippen molar-refractivity contribution >= 4 is 5.97 Å². The van der Waals surface area contributed by atoms with Gasteiger partial charge in [0, 0.05) is 0 Å². The molecule has 1 unspecified atom stereocenters. The Morgan fingerprint density at radius 3 is 2.00 bits per heavy atom. The molecule has 0 bridgehead atoms. The standard InChI is InChI=1S/C13H18O2.C8H11N/c1-9(2)8-11-4-6-12(7-5-11)10(3)13(14)15;9-7-6-8-4-2-1-3-5-8/h4-7,9-10H,8H2,1-3H3,(H,14,15);1-5H,6-7,9H2. The molecule has 2 rings (SSSR count). The molecule has 0 aliphatic carbocycles. The van der Waals surface area contributed by atoms with E-state index in [0.717, 1.165) is 24.9 Å². The highest BCUT2D eigenvalue weighted by atomic mass is 16.4. The minimum atomic E-state index is -0.772. The van der Waals surface area contributed by atoms with E-state index in [-0.39, 0.29) is 0 Å². The Kier molecular flexibility index (Phi) is 8.80. The third-order valence-electron chi connectivity index (χ3n) is 3.77. The lowest BCUT2D eigenvalue weighted by Crippen LogP contribution is -2.07. The van der Waals surface area contributed by atoms with Gasteiger partial charge in [-0.3, -0.25) is 4.79 Å². The van der Waals surface area contributed by atoms with Crippen LogP contribution in [0.1, 0.15) is 43.4 Å². The second kappa shape index (κ2) is 10.6. The fourth-order valence-corrected chi connectivity index (χ4v) is 2.37. The fourth-order valence-electron chi connectivity index (χ4n) is 2.37. The van der Waals surface area contributed by atoms with E-state index in [9.17, 15) is 4.79 Å². The molecule has 0 amide bonds. The van der Waals surface area contributed by atoms with Crippen molar-refractivity contribution in [2.24, 2.45) is 11.7 Å². The van der Waals surface area contributed by atoms with Crippen LogP contribution in [0.4, 0.5) is 0 Å². The van der Waals surface area contributed by atoms with Gasteiger partial charge in [0.1, 0.15) is 0 Å². The fraction of sp³-hybridized carbons (Fsp3) is 0.381. The summed E-state index contributed by atoms with van der Waals surface area (Å²) in [7, 11) is 0. The smallest absolute Gasteiger partial charge is 0.310 e. The molecule has 130 valence electrons. The molecule has 3 N–H and O–H groups in total. The third kappa shape index (κ3) is 7.42. The number of nitrogens with two attached hydrogens (primary N) is 1. The van der Waals surface area contributed by atoms with Gasteiger partial charge in [-0.2, -0.15) is 0 Å². The van der Waals surface area contributed by atoms with Gasteiger partial charge in [0.25, 0.3) is 0 Å². The minimum absolute atomic E-state index is 0.418. The van der Waals surface area contributed by atoms with E-state index >= 15 is 0 Å². The molecule has 0 heterocycles. The van der Waals surface area contributed by atoms with Crippen LogP contribution in [0.5, 0.6) is 0 Å². The topological polar surface area (TPSA) is 63.3 Å². The molecule has 0 aliphatic rings. The van der Waals surface area contributed by atoms with Crippen molar-refractivity contribution < 1.29 is 9.90 Å². The molecule has 0 spiro atoms. The maximum Gasteiger partial charge on any atom is 0.310 e. The Morgan fingerprint density at radius 2 is 1.54 bits per heavy atom. The van der Waals surface area contributed by atoms with Crippen molar-refractivity contribution in [2.45, 2.75) is 39.5 Å². The zero-order valence-electron chi connectivity index (χ0n) is 14.9. The van der Waals surface area contributed by atoms with Crippen LogP contribution in [0.15, 0.2) is 54.6 Å². The monoisotopic (exact) mass is 327 g/mol. The van der Waals surface area contributed by atoms with Crippen LogP contribution in [-0.4, -0.2) is 17.6 Å². The summed E-state index contributed by atoms with van der Waals surface area (Å²) in [4.78, 5) is 10.8. The molecule has 24 heavy (non-hydrogen) atoms. The number of carboxylic acid groups (broad SMARTS) is 1. The summed E-state index contributed by atoms with van der Waals surface area (Å²) < 4.78 is 0. The van der Waals surface area contributed by atoms with Gasteiger partial charge < -0.3 is 10.8 Å². The lowest BCUT2D eigenvalue weighted by molar-refractivity contribution is -0.138. The molecule has 2 aromatic carbocycles. The quantitative estimate of drug-likeness (QED) is 0.833. The maximum atomic E-state index is 10.8. The Morgan fingerprint density at radius 1 is 0.958 bits per heavy atom. The van der Waals surface area contributed by atoms with Gasteiger partial charge in [0.2, 0.25) is 0 Å². The normalized spacial score (nSPS) is 11.5. The Bertz CT molecular complexity index is 591. The number of hydrogen-bond donors (Lipinski definition) is 2. The molecular formula is C21H29NO2. The maximum absolute atomic E-state index is 10.8. The van der Waals surface area contributed by atoms with Crippen LogP contribution < -0.4 is 5.73 Å². The van der Waals surface area contributed by atoms with Crippen molar-refractivity contribution in [3.05, 3.63) is 71.3 Å². The molecule has 1 atom stereocenters. The van der Waals surface area contributed by atoms with Crippen molar-refractivity contribution in [1.29, 1.82) is 0 Å². The van der Waals surface area contributed by atoms with E-state index in [1.807, 2.05) is 42.5 Å². The average Bonchev–Trinajstić information content (AvgIpc) is 2.56. The summed E-state index contributed by atoms with van der Waals surface area (Å²) in [6.07, 6.45) is 2.03. The van der Waals surface area contributed by atoms with Gasteiger partial charge in [0.15, 0.2) is 0 Å². The van der Waals surface area contributed by atoms with Crippen LogP contribution in [-0.2, 0) is 17.6 Å². The molecule has 3 nitrogen and oxygen atoms in total. The van der Waals surface area contributed by atoms with Crippen molar-refractivity contribution in [2.75, 3.05) is 6.54 Å². The van der Waals surface area contributed by atoms with Crippen molar-refractivity contribution in [3.8, 4) is 0 Å². The van der Waals surface area contributed by atoms with E-state index in [2.05, 4.69) is 26.0 Å². The molecule has 0 saturated heterocycles. The number of carbonyl (C=O) groups is 1. The molecule has 0 saturated carbocycles. The summed E-state index contributed by atoms with van der Waals surface area (Å²) in [5, 5.41) is 8.85. The zero-order valence-corrected chi connectivity index (χ0v) is 14.9. The number of aliphatic carboxylic acids is 1. The third-order valence-corrected chi connectivity index (χ3v) is 3.77. The van der Waals surface area contributed by atoms with Gasteiger partial charge >= 0.3 is 5.97 Å². The Labute approximate surface area is 145 Å². The van der Waals surface area contributed by atoms with Gasteiger partial charge in [-0.25, -0.2) is 0 Å². The number of carboxylic acids is 1. The van der Waals surface area contributed by atoms with E-state index in [0.29, 0.717) is 5.92 Å². The van der Waals surface area contributed by atoms with Crippen LogP contribution in [0, 0.1) is 5.92 Å². The first-order valence-corrected chi connectivity index (χ1v) is 8.49. The Balaban J connectivity index is 0.000000272. The molecule has 3 heteroatoms. The summed E-state index contributed by atoms with van der Waals surface area (Å²) in [6, 6.07) is 18.1. The SMILES string of the molecule is CC(C)Cc1ccc(C(C)C(=O)O)cc1.NCCc1ccccc1. The molecule has 0 aromatic heterocycles. The van der Waals surface area contributed by atoms with Gasteiger partial charge in [-0.05, 0) is 48.9 Å². The predicted molar refractivity (Wildman–Crippen MR) is 100 cm³/mol. The van der Waals surface area contributed by atoms with E-state index in [1.54, 1.807) is 6.92 Å². The zero-order chi connectivity index (χ0) is 17.9. The molecule has 0 fully saturated rings. The van der Waals surface area contributed by atoms with Crippen molar-refractivity contribution in [3.63, 3.8) is 0 Å². The van der Waals surface area contributed by atoms with Gasteiger partial charge in [-0.15, -0.1) is 0 Å². The lowest BCUT2D eigenvalue weighted by Gasteiger charge is -2.09. The first-order chi connectivity index (χ1) is 11.4. The molecule has 2 aromatic rings. The van der Waals surface area contributed by atoms with Gasteiger partial charge in [-0.1, -0.05) is 68.4 Å². The van der Waals surface area contributed by atoms with Crippen LogP contribution in [0.2, 0.25) is 0 Å². The Hall–Kier alpha value is -2.13. The highest BCUT2D eigenvalue weighted by Crippen LogP contribution is 2.17. The second-order valence-corrected chi connectivity index (χ2v) is 6.42. The van der Waals surface area contributed by atoms with E-state index in [4.69, 9.17) is 10.8 Å². The number of rotatable bonds is 6. The number of hydrogen-bond acceptors (Lipinski definition) is 2. The molecule has 0 aliphatic heterocycles. The summed E-state index contributed by atoms with van der Waals surface area (Å²) in [5.74, 6) is -0.558. The van der Waals surface area contributed by atoms with Crippen molar-refractivity contribution in [1.82, 2.24) is 0 Å². The van der Waals surface area contributed by atoms with Gasteiger partial charge in [0.05, 0.1) is 5.92 Å². The van der Waals surface area contributed by atoms with E-state index in [1.165, 1.54) is 11.1 Å². The van der Waals surface area contributed by atoms with Crippen LogP contribution in [0.25, 0.3) is 0 Å².